The normalized spacial score (nSPS) is 25.3. The van der Waals surface area contributed by atoms with Gasteiger partial charge in [0.15, 0.2) is 0 Å². The molecule has 0 aromatic heterocycles. The summed E-state index contributed by atoms with van der Waals surface area (Å²) in [6.07, 6.45) is 4.50. The summed E-state index contributed by atoms with van der Waals surface area (Å²) in [6.45, 7) is 2.04. The molecule has 1 aliphatic rings. The highest BCUT2D eigenvalue weighted by atomic mass is 16.5. The van der Waals surface area contributed by atoms with Gasteiger partial charge in [0.1, 0.15) is 11.9 Å². The van der Waals surface area contributed by atoms with E-state index in [9.17, 15) is 0 Å². The topological polar surface area (TPSA) is 18.5 Å². The molecule has 1 heterocycles. The lowest BCUT2D eigenvalue weighted by atomic mass is 10.1. The Hall–Kier alpha value is -1.28. The van der Waals surface area contributed by atoms with E-state index in [2.05, 4.69) is 12.2 Å². The minimum absolute atomic E-state index is 0.107. The Bertz CT molecular complexity index is 327. The summed E-state index contributed by atoms with van der Waals surface area (Å²) >= 11 is 0. The van der Waals surface area contributed by atoms with Crippen molar-refractivity contribution in [3.8, 4) is 5.75 Å². The molecule has 0 aliphatic carbocycles. The fraction of sp³-hybridized carbons (Fsp3) is 0.333. The van der Waals surface area contributed by atoms with Crippen molar-refractivity contribution in [2.45, 2.75) is 19.1 Å². The number of hydrogen-bond acceptors (Lipinski definition) is 2. The van der Waals surface area contributed by atoms with Crippen LogP contribution in [0.5, 0.6) is 5.75 Å². The van der Waals surface area contributed by atoms with Crippen LogP contribution in [-0.2, 0) is 4.74 Å². The van der Waals surface area contributed by atoms with E-state index in [4.69, 9.17) is 9.47 Å². The molecule has 0 amide bonds. The fourth-order valence-electron chi connectivity index (χ4n) is 1.56. The highest BCUT2D eigenvalue weighted by Crippen LogP contribution is 2.27. The van der Waals surface area contributed by atoms with Crippen molar-refractivity contribution in [2.75, 3.05) is 7.11 Å². The summed E-state index contributed by atoms with van der Waals surface area (Å²) in [6, 6.07) is 7.98. The van der Waals surface area contributed by atoms with Crippen LogP contribution >= 0.6 is 0 Å². The quantitative estimate of drug-likeness (QED) is 0.667. The second kappa shape index (κ2) is 3.84. The molecule has 1 aromatic rings. The first-order valence-electron chi connectivity index (χ1n) is 4.77. The number of benzene rings is 1. The summed E-state index contributed by atoms with van der Waals surface area (Å²) in [5, 5.41) is 0. The zero-order valence-electron chi connectivity index (χ0n) is 8.44. The molecule has 74 valence electrons. The maximum absolute atomic E-state index is 5.67. The van der Waals surface area contributed by atoms with Crippen molar-refractivity contribution in [1.82, 2.24) is 0 Å². The molecule has 2 atom stereocenters. The molecule has 1 aromatic carbocycles. The maximum Gasteiger partial charge on any atom is 0.118 e. The summed E-state index contributed by atoms with van der Waals surface area (Å²) in [4.78, 5) is 0. The summed E-state index contributed by atoms with van der Waals surface area (Å²) in [5.41, 5.74) is 1.17. The van der Waals surface area contributed by atoms with Gasteiger partial charge in [-0.3, -0.25) is 0 Å². The molecule has 14 heavy (non-hydrogen) atoms. The van der Waals surface area contributed by atoms with Crippen molar-refractivity contribution >= 4 is 0 Å². The van der Waals surface area contributed by atoms with Crippen LogP contribution in [0.15, 0.2) is 36.4 Å². The van der Waals surface area contributed by atoms with Crippen molar-refractivity contribution in [3.63, 3.8) is 0 Å². The Morgan fingerprint density at radius 1 is 1.14 bits per heavy atom. The predicted molar refractivity (Wildman–Crippen MR) is 55.4 cm³/mol. The first-order chi connectivity index (χ1) is 6.79. The monoisotopic (exact) mass is 190 g/mol. The van der Waals surface area contributed by atoms with Crippen LogP contribution in [0.25, 0.3) is 0 Å². The molecule has 0 spiro atoms. The number of methoxy groups -OCH3 is 1. The van der Waals surface area contributed by atoms with Crippen LogP contribution < -0.4 is 4.74 Å². The Morgan fingerprint density at radius 3 is 2.36 bits per heavy atom. The van der Waals surface area contributed by atoms with Crippen molar-refractivity contribution in [2.24, 2.45) is 0 Å². The Labute approximate surface area is 84.2 Å². The van der Waals surface area contributed by atoms with Gasteiger partial charge in [-0.05, 0) is 24.6 Å². The van der Waals surface area contributed by atoms with E-state index in [0.717, 1.165) is 5.75 Å². The number of hydrogen-bond donors (Lipinski definition) is 0. The SMILES string of the molecule is COc1ccc(C2C=CC(C)O2)cc1. The minimum Gasteiger partial charge on any atom is -0.497 e. The van der Waals surface area contributed by atoms with E-state index in [1.165, 1.54) is 5.56 Å². The van der Waals surface area contributed by atoms with E-state index in [0.29, 0.717) is 0 Å². The van der Waals surface area contributed by atoms with Gasteiger partial charge in [-0.25, -0.2) is 0 Å². The fourth-order valence-corrected chi connectivity index (χ4v) is 1.56. The lowest BCUT2D eigenvalue weighted by molar-refractivity contribution is 0.0715. The van der Waals surface area contributed by atoms with Crippen LogP contribution in [-0.4, -0.2) is 13.2 Å². The first-order valence-corrected chi connectivity index (χ1v) is 4.77. The molecule has 0 radical (unpaired) electrons. The zero-order valence-corrected chi connectivity index (χ0v) is 8.44. The highest BCUT2D eigenvalue weighted by molar-refractivity contribution is 5.31. The minimum atomic E-state index is 0.107. The molecule has 2 heteroatoms. The molecule has 2 unspecified atom stereocenters. The summed E-state index contributed by atoms with van der Waals surface area (Å²) in [5.74, 6) is 0.878. The van der Waals surface area contributed by atoms with Crippen LogP contribution in [0.1, 0.15) is 18.6 Å². The third-order valence-corrected chi connectivity index (χ3v) is 2.36. The van der Waals surface area contributed by atoms with Crippen LogP contribution in [0.2, 0.25) is 0 Å². The number of ether oxygens (including phenoxy) is 2. The summed E-state index contributed by atoms with van der Waals surface area (Å²) in [7, 11) is 1.67. The smallest absolute Gasteiger partial charge is 0.118 e. The highest BCUT2D eigenvalue weighted by Gasteiger charge is 2.16. The van der Waals surface area contributed by atoms with Crippen molar-refractivity contribution < 1.29 is 9.47 Å². The zero-order chi connectivity index (χ0) is 9.97. The van der Waals surface area contributed by atoms with Crippen LogP contribution in [0.3, 0.4) is 0 Å². The molecule has 0 N–H and O–H groups in total. The van der Waals surface area contributed by atoms with E-state index >= 15 is 0 Å². The molecule has 0 saturated heterocycles. The van der Waals surface area contributed by atoms with Gasteiger partial charge in [-0.2, -0.15) is 0 Å². The second-order valence-electron chi connectivity index (χ2n) is 3.42. The molecule has 0 saturated carbocycles. The molecule has 2 rings (SSSR count). The van der Waals surface area contributed by atoms with Gasteiger partial charge in [-0.1, -0.05) is 24.3 Å². The Morgan fingerprint density at radius 2 is 1.86 bits per heavy atom. The Balaban J connectivity index is 2.14. The summed E-state index contributed by atoms with van der Waals surface area (Å²) < 4.78 is 10.8. The van der Waals surface area contributed by atoms with Gasteiger partial charge in [0.2, 0.25) is 0 Å². The van der Waals surface area contributed by atoms with Crippen molar-refractivity contribution in [3.05, 3.63) is 42.0 Å². The maximum atomic E-state index is 5.67. The molecular formula is C12H14O2. The average molecular weight is 190 g/mol. The first kappa shape index (κ1) is 9.28. The molecule has 0 bridgehead atoms. The van der Waals surface area contributed by atoms with Gasteiger partial charge in [0.25, 0.3) is 0 Å². The van der Waals surface area contributed by atoms with Crippen molar-refractivity contribution in [1.29, 1.82) is 0 Å². The Kier molecular flexibility index (Phi) is 2.55. The second-order valence-corrected chi connectivity index (χ2v) is 3.42. The van der Waals surface area contributed by atoms with E-state index in [1.807, 2.05) is 31.2 Å². The molecule has 2 nitrogen and oxygen atoms in total. The third-order valence-electron chi connectivity index (χ3n) is 2.36. The average Bonchev–Trinajstić information content (AvgIpc) is 2.65. The molecule has 0 fully saturated rings. The van der Waals surface area contributed by atoms with Gasteiger partial charge in [-0.15, -0.1) is 0 Å². The lowest BCUT2D eigenvalue weighted by Crippen LogP contribution is -2.02. The molecule has 1 aliphatic heterocycles. The van der Waals surface area contributed by atoms with Crippen LogP contribution in [0.4, 0.5) is 0 Å². The van der Waals surface area contributed by atoms with Crippen LogP contribution in [0, 0.1) is 0 Å². The lowest BCUT2D eigenvalue weighted by Gasteiger charge is -2.11. The van der Waals surface area contributed by atoms with Gasteiger partial charge in [0, 0.05) is 0 Å². The van der Waals surface area contributed by atoms with Gasteiger partial charge < -0.3 is 9.47 Å². The van der Waals surface area contributed by atoms with Gasteiger partial charge >= 0.3 is 0 Å². The van der Waals surface area contributed by atoms with E-state index in [-0.39, 0.29) is 12.2 Å². The standard InChI is InChI=1S/C12H14O2/c1-9-3-8-12(14-9)10-4-6-11(13-2)7-5-10/h3-9,12H,1-2H3. The largest absolute Gasteiger partial charge is 0.497 e. The molecular weight excluding hydrogens is 176 g/mol. The third kappa shape index (κ3) is 1.80. The van der Waals surface area contributed by atoms with Gasteiger partial charge in [0.05, 0.1) is 13.2 Å². The predicted octanol–water partition coefficient (Wildman–Crippen LogP) is 2.71. The number of rotatable bonds is 2. The van der Waals surface area contributed by atoms with E-state index < -0.39 is 0 Å². The van der Waals surface area contributed by atoms with E-state index in [1.54, 1.807) is 7.11 Å².